The molecule has 0 saturated heterocycles. The van der Waals surface area contributed by atoms with Crippen molar-refractivity contribution in [3.8, 4) is 23.0 Å². The van der Waals surface area contributed by atoms with Crippen molar-refractivity contribution in [3.63, 3.8) is 0 Å². The quantitative estimate of drug-likeness (QED) is 0.287. The molecule has 0 aliphatic carbocycles. The summed E-state index contributed by atoms with van der Waals surface area (Å²) < 4.78 is 72.0. The summed E-state index contributed by atoms with van der Waals surface area (Å²) in [4.78, 5) is 24.9. The smallest absolute Gasteiger partial charge is 0.453 e. The summed E-state index contributed by atoms with van der Waals surface area (Å²) in [7, 11) is 1.43. The number of halogens is 3. The Morgan fingerprint density at radius 3 is 2.31 bits per heavy atom. The standard InChI is InChI=1S/C24H23F3O8/c1-4-31-11-12-32-23(29)14(2)33-17-9-10-18-19(13-17)35-22(24(25,26)27)21(20(18)28)34-16-7-5-15(30-3)6-8-16/h5-10,13-14H,4,11-12H2,1-3H3. The summed E-state index contributed by atoms with van der Waals surface area (Å²) in [5.74, 6) is -2.85. The van der Waals surface area contributed by atoms with E-state index in [-0.39, 0.29) is 35.7 Å². The molecule has 3 aromatic rings. The Kier molecular flexibility index (Phi) is 8.23. The highest BCUT2D eigenvalue weighted by atomic mass is 19.4. The van der Waals surface area contributed by atoms with Gasteiger partial charge in [0.1, 0.15) is 29.4 Å². The Labute approximate surface area is 198 Å². The Morgan fingerprint density at radius 2 is 1.69 bits per heavy atom. The molecule has 8 nitrogen and oxygen atoms in total. The van der Waals surface area contributed by atoms with Crippen molar-refractivity contribution in [2.45, 2.75) is 26.1 Å². The highest BCUT2D eigenvalue weighted by molar-refractivity contribution is 5.80. The first-order chi connectivity index (χ1) is 16.6. The van der Waals surface area contributed by atoms with E-state index in [9.17, 15) is 22.8 Å². The third kappa shape index (κ3) is 6.44. The van der Waals surface area contributed by atoms with Crippen LogP contribution in [-0.2, 0) is 20.4 Å². The Hall–Kier alpha value is -3.73. The number of benzene rings is 2. The zero-order valence-corrected chi connectivity index (χ0v) is 19.1. The lowest BCUT2D eigenvalue weighted by Gasteiger charge is -2.16. The molecule has 2 aromatic carbocycles. The molecule has 3 rings (SSSR count). The summed E-state index contributed by atoms with van der Waals surface area (Å²) in [5, 5.41) is -0.166. The zero-order valence-electron chi connectivity index (χ0n) is 19.1. The van der Waals surface area contributed by atoms with E-state index in [1.165, 1.54) is 50.4 Å². The predicted octanol–water partition coefficient (Wildman–Crippen LogP) is 4.96. The summed E-state index contributed by atoms with van der Waals surface area (Å²) in [6.45, 7) is 3.93. The van der Waals surface area contributed by atoms with E-state index >= 15 is 0 Å². The van der Waals surface area contributed by atoms with Gasteiger partial charge in [-0.05, 0) is 50.2 Å². The van der Waals surface area contributed by atoms with Gasteiger partial charge in [-0.15, -0.1) is 0 Å². The average molecular weight is 496 g/mol. The van der Waals surface area contributed by atoms with Crippen molar-refractivity contribution in [1.29, 1.82) is 0 Å². The lowest BCUT2D eigenvalue weighted by Crippen LogP contribution is -2.27. The number of carbonyl (C=O) groups is 1. The fourth-order valence-corrected chi connectivity index (χ4v) is 2.99. The van der Waals surface area contributed by atoms with Crippen molar-refractivity contribution in [2.75, 3.05) is 26.9 Å². The average Bonchev–Trinajstić information content (AvgIpc) is 2.83. The van der Waals surface area contributed by atoms with E-state index in [4.69, 9.17) is 28.1 Å². The maximum absolute atomic E-state index is 13.7. The maximum atomic E-state index is 13.7. The molecule has 188 valence electrons. The van der Waals surface area contributed by atoms with E-state index in [1.54, 1.807) is 6.92 Å². The van der Waals surface area contributed by atoms with Crippen molar-refractivity contribution >= 4 is 16.9 Å². The van der Waals surface area contributed by atoms with Crippen molar-refractivity contribution in [2.24, 2.45) is 0 Å². The number of alkyl halides is 3. The minimum absolute atomic E-state index is 0.00635. The van der Waals surface area contributed by atoms with Gasteiger partial charge in [0, 0.05) is 12.7 Å². The second-order valence-electron chi connectivity index (χ2n) is 7.15. The van der Waals surface area contributed by atoms with Crippen LogP contribution in [0, 0.1) is 0 Å². The molecule has 0 bridgehead atoms. The Bertz CT molecular complexity index is 1220. The SMILES string of the molecule is CCOCCOC(=O)C(C)Oc1ccc2c(=O)c(Oc3ccc(OC)cc3)c(C(F)(F)F)oc2c1. The topological polar surface area (TPSA) is 93.4 Å². The van der Waals surface area contributed by atoms with Crippen LogP contribution in [0.2, 0.25) is 0 Å². The van der Waals surface area contributed by atoms with Gasteiger partial charge in [-0.3, -0.25) is 4.79 Å². The van der Waals surface area contributed by atoms with Gasteiger partial charge >= 0.3 is 12.1 Å². The molecule has 11 heteroatoms. The molecule has 1 unspecified atom stereocenters. The second-order valence-corrected chi connectivity index (χ2v) is 7.15. The van der Waals surface area contributed by atoms with Crippen LogP contribution in [0.15, 0.2) is 51.7 Å². The summed E-state index contributed by atoms with van der Waals surface area (Å²) in [6, 6.07) is 9.30. The van der Waals surface area contributed by atoms with E-state index in [1.807, 2.05) is 0 Å². The number of hydrogen-bond acceptors (Lipinski definition) is 8. The minimum atomic E-state index is -5.02. The first-order valence-electron chi connectivity index (χ1n) is 10.5. The van der Waals surface area contributed by atoms with E-state index in [0.717, 1.165) is 6.07 Å². The number of rotatable bonds is 10. The Morgan fingerprint density at radius 1 is 1.03 bits per heavy atom. The Balaban J connectivity index is 1.90. The normalized spacial score (nSPS) is 12.3. The summed E-state index contributed by atoms with van der Waals surface area (Å²) >= 11 is 0. The molecule has 1 aromatic heterocycles. The second kappa shape index (κ2) is 11.1. The third-order valence-corrected chi connectivity index (χ3v) is 4.68. The lowest BCUT2D eigenvalue weighted by molar-refractivity contribution is -0.154. The van der Waals surface area contributed by atoms with Gasteiger partial charge in [0.15, 0.2) is 6.10 Å². The first-order valence-corrected chi connectivity index (χ1v) is 10.5. The molecule has 0 fully saturated rings. The van der Waals surface area contributed by atoms with Crippen molar-refractivity contribution in [1.82, 2.24) is 0 Å². The molecular formula is C24H23F3O8. The molecule has 1 atom stereocenters. The van der Waals surface area contributed by atoms with Crippen LogP contribution in [0.5, 0.6) is 23.0 Å². The first kappa shape index (κ1) is 25.9. The highest BCUT2D eigenvalue weighted by Crippen LogP contribution is 2.39. The maximum Gasteiger partial charge on any atom is 0.453 e. The lowest BCUT2D eigenvalue weighted by atomic mass is 10.2. The van der Waals surface area contributed by atoms with Crippen LogP contribution in [0.25, 0.3) is 11.0 Å². The fourth-order valence-electron chi connectivity index (χ4n) is 2.99. The molecule has 0 aliphatic heterocycles. The van der Waals surface area contributed by atoms with Crippen molar-refractivity contribution < 1.29 is 46.1 Å². The molecule has 0 amide bonds. The number of methoxy groups -OCH3 is 1. The molecule has 0 saturated carbocycles. The monoisotopic (exact) mass is 496 g/mol. The van der Waals surface area contributed by atoms with Gasteiger partial charge in [0.2, 0.25) is 11.2 Å². The van der Waals surface area contributed by atoms with Gasteiger partial charge in [0.25, 0.3) is 5.76 Å². The summed E-state index contributed by atoms with van der Waals surface area (Å²) in [5.41, 5.74) is -1.41. The molecule has 0 N–H and O–H groups in total. The van der Waals surface area contributed by atoms with E-state index in [2.05, 4.69) is 0 Å². The third-order valence-electron chi connectivity index (χ3n) is 4.68. The number of ether oxygens (including phenoxy) is 5. The minimum Gasteiger partial charge on any atom is -0.497 e. The van der Waals surface area contributed by atoms with Gasteiger partial charge in [-0.1, -0.05) is 0 Å². The number of esters is 1. The van der Waals surface area contributed by atoms with E-state index < -0.39 is 35.2 Å². The summed E-state index contributed by atoms with van der Waals surface area (Å²) in [6.07, 6.45) is -6.09. The fraction of sp³-hybridized carbons (Fsp3) is 0.333. The molecule has 35 heavy (non-hydrogen) atoms. The molecule has 0 radical (unpaired) electrons. The van der Waals surface area contributed by atoms with Crippen LogP contribution in [0.1, 0.15) is 19.6 Å². The molecule has 1 heterocycles. The van der Waals surface area contributed by atoms with Crippen LogP contribution in [-0.4, -0.2) is 39.0 Å². The van der Waals surface area contributed by atoms with Crippen LogP contribution in [0.4, 0.5) is 13.2 Å². The molecular weight excluding hydrogens is 473 g/mol. The van der Waals surface area contributed by atoms with Gasteiger partial charge < -0.3 is 28.1 Å². The van der Waals surface area contributed by atoms with Crippen LogP contribution >= 0.6 is 0 Å². The number of fused-ring (bicyclic) bond motifs is 1. The number of hydrogen-bond donors (Lipinski definition) is 0. The molecule has 0 spiro atoms. The number of carbonyl (C=O) groups excluding carboxylic acids is 1. The van der Waals surface area contributed by atoms with E-state index in [0.29, 0.717) is 12.4 Å². The van der Waals surface area contributed by atoms with Crippen LogP contribution < -0.4 is 19.6 Å². The molecule has 0 aliphatic rings. The van der Waals surface area contributed by atoms with Gasteiger partial charge in [-0.2, -0.15) is 13.2 Å². The zero-order chi connectivity index (χ0) is 25.6. The highest BCUT2D eigenvalue weighted by Gasteiger charge is 2.40. The van der Waals surface area contributed by atoms with Gasteiger partial charge in [0.05, 0.1) is 19.1 Å². The van der Waals surface area contributed by atoms with Gasteiger partial charge in [-0.25, -0.2) is 4.79 Å². The van der Waals surface area contributed by atoms with Crippen LogP contribution in [0.3, 0.4) is 0 Å². The largest absolute Gasteiger partial charge is 0.497 e. The predicted molar refractivity (Wildman–Crippen MR) is 118 cm³/mol. The van der Waals surface area contributed by atoms with Crippen molar-refractivity contribution in [3.05, 3.63) is 58.4 Å².